The lowest BCUT2D eigenvalue weighted by atomic mass is 10.0. The van der Waals surface area contributed by atoms with Crippen molar-refractivity contribution in [1.82, 2.24) is 4.90 Å². The predicted octanol–water partition coefficient (Wildman–Crippen LogP) is 2.41. The van der Waals surface area contributed by atoms with Crippen LogP contribution in [0.25, 0.3) is 0 Å². The molecule has 5 heteroatoms. The summed E-state index contributed by atoms with van der Waals surface area (Å²) in [6.07, 6.45) is -0.265. The van der Waals surface area contributed by atoms with Crippen LogP contribution in [-0.4, -0.2) is 34.0 Å². The van der Waals surface area contributed by atoms with Crippen molar-refractivity contribution in [3.63, 3.8) is 0 Å². The number of rotatable bonds is 3. The SMILES string of the molecule is CC1C(CI)C(N)CN1C(=O)OCc1ccccc1. The number of amides is 1. The van der Waals surface area contributed by atoms with E-state index < -0.39 is 0 Å². The third-order valence-corrected chi connectivity index (χ3v) is 4.70. The van der Waals surface area contributed by atoms with Gasteiger partial charge in [0.05, 0.1) is 0 Å². The van der Waals surface area contributed by atoms with Crippen molar-refractivity contribution in [3.05, 3.63) is 35.9 Å². The smallest absolute Gasteiger partial charge is 0.410 e. The first kappa shape index (κ1) is 14.6. The summed E-state index contributed by atoms with van der Waals surface area (Å²) in [5.41, 5.74) is 7.06. The van der Waals surface area contributed by atoms with E-state index in [4.69, 9.17) is 10.5 Å². The average Bonchev–Trinajstić information content (AvgIpc) is 2.72. The van der Waals surface area contributed by atoms with Crippen molar-refractivity contribution >= 4 is 28.7 Å². The van der Waals surface area contributed by atoms with Gasteiger partial charge in [0.25, 0.3) is 0 Å². The molecular weight excluding hydrogens is 355 g/mol. The third kappa shape index (κ3) is 3.39. The van der Waals surface area contributed by atoms with Gasteiger partial charge in [-0.05, 0) is 12.5 Å². The van der Waals surface area contributed by atoms with Gasteiger partial charge in [-0.25, -0.2) is 4.79 Å². The molecule has 1 amide bonds. The molecule has 1 aliphatic heterocycles. The van der Waals surface area contributed by atoms with Gasteiger partial charge in [0.1, 0.15) is 6.61 Å². The van der Waals surface area contributed by atoms with Crippen molar-refractivity contribution in [3.8, 4) is 0 Å². The maximum Gasteiger partial charge on any atom is 0.410 e. The summed E-state index contributed by atoms with van der Waals surface area (Å²) in [4.78, 5) is 13.8. The van der Waals surface area contributed by atoms with Crippen LogP contribution in [0.1, 0.15) is 12.5 Å². The number of nitrogens with two attached hydrogens (primary N) is 1. The number of hydrogen-bond acceptors (Lipinski definition) is 3. The van der Waals surface area contributed by atoms with Crippen LogP contribution >= 0.6 is 22.6 Å². The number of benzene rings is 1. The molecule has 0 spiro atoms. The highest BCUT2D eigenvalue weighted by Gasteiger charge is 2.39. The van der Waals surface area contributed by atoms with Crippen molar-refractivity contribution in [2.24, 2.45) is 11.7 Å². The Morgan fingerprint density at radius 2 is 2.16 bits per heavy atom. The molecule has 3 atom stereocenters. The summed E-state index contributed by atoms with van der Waals surface area (Å²) in [5.74, 6) is 0.352. The first-order valence-corrected chi connectivity index (χ1v) is 7.95. The second kappa shape index (κ2) is 6.56. The molecule has 0 radical (unpaired) electrons. The minimum absolute atomic E-state index is 0.0520. The Morgan fingerprint density at radius 3 is 2.74 bits per heavy atom. The molecule has 1 saturated heterocycles. The number of hydrogen-bond donors (Lipinski definition) is 1. The molecule has 1 fully saturated rings. The molecule has 1 heterocycles. The van der Waals surface area contributed by atoms with Crippen LogP contribution in [0.3, 0.4) is 0 Å². The summed E-state index contributed by atoms with van der Waals surface area (Å²) in [6, 6.07) is 9.90. The fraction of sp³-hybridized carbons (Fsp3) is 0.500. The topological polar surface area (TPSA) is 55.6 Å². The maximum atomic E-state index is 12.1. The van der Waals surface area contributed by atoms with Crippen molar-refractivity contribution in [2.45, 2.75) is 25.6 Å². The molecule has 3 unspecified atom stereocenters. The fourth-order valence-electron chi connectivity index (χ4n) is 2.40. The van der Waals surface area contributed by atoms with E-state index >= 15 is 0 Å². The Bertz CT molecular complexity index is 427. The minimum atomic E-state index is -0.265. The molecule has 0 bridgehead atoms. The first-order chi connectivity index (χ1) is 9.13. The second-order valence-electron chi connectivity index (χ2n) is 4.92. The van der Waals surface area contributed by atoms with Crippen LogP contribution in [-0.2, 0) is 11.3 Å². The van der Waals surface area contributed by atoms with Crippen LogP contribution in [0.5, 0.6) is 0 Å². The van der Waals surface area contributed by atoms with Gasteiger partial charge >= 0.3 is 6.09 Å². The molecule has 1 aromatic rings. The summed E-state index contributed by atoms with van der Waals surface area (Å²) >= 11 is 2.33. The molecule has 1 aromatic carbocycles. The van der Waals surface area contributed by atoms with E-state index in [9.17, 15) is 4.79 Å². The minimum Gasteiger partial charge on any atom is -0.445 e. The molecule has 1 aliphatic rings. The van der Waals surface area contributed by atoms with Crippen LogP contribution < -0.4 is 5.73 Å². The third-order valence-electron chi connectivity index (χ3n) is 3.69. The number of carbonyl (C=O) groups excluding carboxylic acids is 1. The molecule has 0 aromatic heterocycles. The van der Waals surface area contributed by atoms with Crippen molar-refractivity contribution in [2.75, 3.05) is 11.0 Å². The van der Waals surface area contributed by atoms with E-state index in [2.05, 4.69) is 22.6 Å². The van der Waals surface area contributed by atoms with E-state index in [1.54, 1.807) is 4.90 Å². The molecule has 0 aliphatic carbocycles. The average molecular weight is 374 g/mol. The zero-order valence-corrected chi connectivity index (χ0v) is 13.1. The Hall–Kier alpha value is -0.820. The van der Waals surface area contributed by atoms with Gasteiger partial charge in [-0.15, -0.1) is 0 Å². The Morgan fingerprint density at radius 1 is 1.47 bits per heavy atom. The highest BCUT2D eigenvalue weighted by Crippen LogP contribution is 2.25. The summed E-state index contributed by atoms with van der Waals surface area (Å²) < 4.78 is 6.31. The van der Waals surface area contributed by atoms with Gasteiger partial charge < -0.3 is 15.4 Å². The predicted molar refractivity (Wildman–Crippen MR) is 83.1 cm³/mol. The van der Waals surface area contributed by atoms with Crippen molar-refractivity contribution in [1.29, 1.82) is 0 Å². The number of halogens is 1. The fourth-order valence-corrected chi connectivity index (χ4v) is 3.79. The molecular formula is C14H19IN2O2. The van der Waals surface area contributed by atoms with Gasteiger partial charge in [-0.2, -0.15) is 0 Å². The van der Waals surface area contributed by atoms with Gasteiger partial charge in [-0.1, -0.05) is 52.9 Å². The number of carbonyl (C=O) groups is 1. The summed E-state index contributed by atoms with van der Waals surface area (Å²) in [7, 11) is 0. The van der Waals surface area contributed by atoms with Crippen LogP contribution in [0.15, 0.2) is 30.3 Å². The molecule has 2 N–H and O–H groups in total. The number of ether oxygens (including phenoxy) is 1. The number of nitrogens with zero attached hydrogens (tertiary/aromatic N) is 1. The van der Waals surface area contributed by atoms with Crippen LogP contribution in [0.4, 0.5) is 4.79 Å². The lowest BCUT2D eigenvalue weighted by molar-refractivity contribution is 0.0919. The van der Waals surface area contributed by atoms with Gasteiger partial charge in [0, 0.05) is 29.0 Å². The Labute approximate surface area is 127 Å². The lowest BCUT2D eigenvalue weighted by Crippen LogP contribution is -2.36. The molecule has 2 rings (SSSR count). The van der Waals surface area contributed by atoms with Gasteiger partial charge in [0.2, 0.25) is 0 Å². The van der Waals surface area contributed by atoms with Crippen molar-refractivity contribution < 1.29 is 9.53 Å². The second-order valence-corrected chi connectivity index (χ2v) is 5.80. The highest BCUT2D eigenvalue weighted by atomic mass is 127. The van der Waals surface area contributed by atoms with Crippen LogP contribution in [0, 0.1) is 5.92 Å². The first-order valence-electron chi connectivity index (χ1n) is 6.42. The van der Waals surface area contributed by atoms with E-state index in [1.165, 1.54) is 0 Å². The summed E-state index contributed by atoms with van der Waals surface area (Å²) in [5, 5.41) is 0. The molecule has 19 heavy (non-hydrogen) atoms. The van der Waals surface area contributed by atoms with Gasteiger partial charge in [0.15, 0.2) is 0 Å². The van der Waals surface area contributed by atoms with E-state index in [1.807, 2.05) is 37.3 Å². The normalized spacial score (nSPS) is 26.5. The molecule has 4 nitrogen and oxygen atoms in total. The number of alkyl halides is 1. The van der Waals surface area contributed by atoms with E-state index in [0.717, 1.165) is 9.99 Å². The standard InChI is InChI=1S/C14H19IN2O2/c1-10-12(7-15)13(16)8-17(10)14(18)19-9-11-5-3-2-4-6-11/h2-6,10,12-13H,7-9,16H2,1H3. The Kier molecular flexibility index (Phi) is 5.04. The highest BCUT2D eigenvalue weighted by molar-refractivity contribution is 14.1. The van der Waals surface area contributed by atoms with Crippen LogP contribution in [0.2, 0.25) is 0 Å². The van der Waals surface area contributed by atoms with Gasteiger partial charge in [-0.3, -0.25) is 0 Å². The quantitative estimate of drug-likeness (QED) is 0.653. The largest absolute Gasteiger partial charge is 0.445 e. The maximum absolute atomic E-state index is 12.1. The number of likely N-dealkylation sites (tertiary alicyclic amines) is 1. The van der Waals surface area contributed by atoms with E-state index in [-0.39, 0.29) is 18.2 Å². The molecule has 104 valence electrons. The Balaban J connectivity index is 1.90. The monoisotopic (exact) mass is 374 g/mol. The summed E-state index contributed by atoms with van der Waals surface area (Å²) in [6.45, 7) is 2.94. The van der Waals surface area contributed by atoms with E-state index in [0.29, 0.717) is 19.1 Å². The zero-order chi connectivity index (χ0) is 13.8. The zero-order valence-electron chi connectivity index (χ0n) is 11.0. The lowest BCUT2D eigenvalue weighted by Gasteiger charge is -2.23. The molecule has 0 saturated carbocycles.